The van der Waals surface area contributed by atoms with Gasteiger partial charge >= 0.3 is 0 Å². The summed E-state index contributed by atoms with van der Waals surface area (Å²) in [7, 11) is 1.64. The molecule has 18 heavy (non-hydrogen) atoms. The molecule has 0 spiro atoms. The van der Waals surface area contributed by atoms with Crippen molar-refractivity contribution < 1.29 is 14.3 Å². The summed E-state index contributed by atoms with van der Waals surface area (Å²) in [5.74, 6) is 1.63. The molecule has 2 N–H and O–H groups in total. The summed E-state index contributed by atoms with van der Waals surface area (Å²) >= 11 is 0. The van der Waals surface area contributed by atoms with Gasteiger partial charge in [0.25, 0.3) is 0 Å². The number of rotatable bonds is 6. The van der Waals surface area contributed by atoms with Gasteiger partial charge in [0.2, 0.25) is 0 Å². The molecule has 0 saturated carbocycles. The van der Waals surface area contributed by atoms with Crippen molar-refractivity contribution in [2.24, 2.45) is 0 Å². The van der Waals surface area contributed by atoms with Crippen LogP contribution in [0.1, 0.15) is 19.1 Å². The molecule has 4 nitrogen and oxygen atoms in total. The SMILES string of the molecule is COc1cccc2cc(CNC(C)CCO)oc12. The number of aliphatic hydroxyl groups excluding tert-OH is 1. The van der Waals surface area contributed by atoms with Crippen LogP contribution in [0.3, 0.4) is 0 Å². The zero-order valence-corrected chi connectivity index (χ0v) is 10.8. The first-order chi connectivity index (χ1) is 8.74. The predicted octanol–water partition coefficient (Wildman–Crippen LogP) is 2.30. The Balaban J connectivity index is 2.10. The highest BCUT2D eigenvalue weighted by Crippen LogP contribution is 2.28. The first kappa shape index (κ1) is 12.9. The highest BCUT2D eigenvalue weighted by atomic mass is 16.5. The lowest BCUT2D eigenvalue weighted by atomic mass is 10.2. The summed E-state index contributed by atoms with van der Waals surface area (Å²) in [6.45, 7) is 2.89. The van der Waals surface area contributed by atoms with E-state index >= 15 is 0 Å². The number of methoxy groups -OCH3 is 1. The average Bonchev–Trinajstić information content (AvgIpc) is 2.79. The molecule has 98 valence electrons. The number of para-hydroxylation sites is 1. The maximum absolute atomic E-state index is 8.84. The van der Waals surface area contributed by atoms with Gasteiger partial charge in [-0.1, -0.05) is 12.1 Å². The topological polar surface area (TPSA) is 54.6 Å². The minimum absolute atomic E-state index is 0.197. The molecule has 0 aliphatic carbocycles. The molecule has 1 heterocycles. The Bertz CT molecular complexity index is 507. The van der Waals surface area contributed by atoms with Crippen LogP contribution in [0.4, 0.5) is 0 Å². The van der Waals surface area contributed by atoms with Crippen molar-refractivity contribution in [2.45, 2.75) is 25.9 Å². The second-order valence-corrected chi connectivity index (χ2v) is 4.39. The highest BCUT2D eigenvalue weighted by molar-refractivity contribution is 5.83. The van der Waals surface area contributed by atoms with Gasteiger partial charge in [-0.2, -0.15) is 0 Å². The first-order valence-corrected chi connectivity index (χ1v) is 6.14. The third-order valence-corrected chi connectivity index (χ3v) is 2.97. The monoisotopic (exact) mass is 249 g/mol. The minimum Gasteiger partial charge on any atom is -0.493 e. The van der Waals surface area contributed by atoms with Gasteiger partial charge in [0, 0.05) is 18.0 Å². The molecule has 0 fully saturated rings. The smallest absolute Gasteiger partial charge is 0.176 e. The number of benzene rings is 1. The Hall–Kier alpha value is -1.52. The average molecular weight is 249 g/mol. The van der Waals surface area contributed by atoms with E-state index < -0.39 is 0 Å². The maximum Gasteiger partial charge on any atom is 0.176 e. The normalized spacial score (nSPS) is 12.8. The van der Waals surface area contributed by atoms with E-state index in [0.29, 0.717) is 6.54 Å². The van der Waals surface area contributed by atoms with Crippen molar-refractivity contribution in [3.05, 3.63) is 30.0 Å². The third-order valence-electron chi connectivity index (χ3n) is 2.97. The zero-order valence-electron chi connectivity index (χ0n) is 10.8. The summed E-state index contributed by atoms with van der Waals surface area (Å²) in [6.07, 6.45) is 0.740. The molecule has 1 atom stereocenters. The van der Waals surface area contributed by atoms with Gasteiger partial charge in [0.15, 0.2) is 11.3 Å². The van der Waals surface area contributed by atoms with Crippen LogP contribution < -0.4 is 10.1 Å². The van der Waals surface area contributed by atoms with Crippen LogP contribution in [-0.2, 0) is 6.54 Å². The lowest BCUT2D eigenvalue weighted by Crippen LogP contribution is -2.26. The van der Waals surface area contributed by atoms with Gasteiger partial charge in [-0.3, -0.25) is 0 Å². The molecule has 2 aromatic rings. The fraction of sp³-hybridized carbons (Fsp3) is 0.429. The van der Waals surface area contributed by atoms with Gasteiger partial charge in [-0.15, -0.1) is 0 Å². The van der Waals surface area contributed by atoms with Crippen LogP contribution in [0.15, 0.2) is 28.7 Å². The summed E-state index contributed by atoms with van der Waals surface area (Å²) in [5, 5.41) is 13.2. The summed E-state index contributed by atoms with van der Waals surface area (Å²) in [5.41, 5.74) is 0.784. The fourth-order valence-corrected chi connectivity index (χ4v) is 1.91. The molecule has 0 aliphatic rings. The fourth-order valence-electron chi connectivity index (χ4n) is 1.91. The molecule has 1 unspecified atom stereocenters. The van der Waals surface area contributed by atoms with Crippen molar-refractivity contribution in [3.8, 4) is 5.75 Å². The highest BCUT2D eigenvalue weighted by Gasteiger charge is 2.09. The zero-order chi connectivity index (χ0) is 13.0. The number of nitrogens with one attached hydrogen (secondary N) is 1. The van der Waals surface area contributed by atoms with Crippen LogP contribution >= 0.6 is 0 Å². The molecule has 0 amide bonds. The molecule has 2 rings (SSSR count). The Labute approximate surface area is 107 Å². The lowest BCUT2D eigenvalue weighted by molar-refractivity contribution is 0.267. The van der Waals surface area contributed by atoms with Crippen LogP contribution in [0.5, 0.6) is 5.75 Å². The number of hydrogen-bond donors (Lipinski definition) is 2. The van der Waals surface area contributed by atoms with Crippen LogP contribution in [0, 0.1) is 0 Å². The van der Waals surface area contributed by atoms with E-state index in [1.807, 2.05) is 31.2 Å². The quantitative estimate of drug-likeness (QED) is 0.824. The number of hydrogen-bond acceptors (Lipinski definition) is 4. The van der Waals surface area contributed by atoms with Crippen molar-refractivity contribution in [1.29, 1.82) is 0 Å². The van der Waals surface area contributed by atoms with E-state index in [9.17, 15) is 0 Å². The molecule has 1 aromatic heterocycles. The van der Waals surface area contributed by atoms with Crippen LogP contribution in [-0.4, -0.2) is 24.9 Å². The molecule has 4 heteroatoms. The summed E-state index contributed by atoms with van der Waals surface area (Å²) in [6, 6.07) is 8.11. The molecular formula is C14H19NO3. The maximum atomic E-state index is 8.84. The van der Waals surface area contributed by atoms with Crippen molar-refractivity contribution in [3.63, 3.8) is 0 Å². The van der Waals surface area contributed by atoms with E-state index in [4.69, 9.17) is 14.3 Å². The largest absolute Gasteiger partial charge is 0.493 e. The second kappa shape index (κ2) is 5.89. The van der Waals surface area contributed by atoms with E-state index in [-0.39, 0.29) is 12.6 Å². The molecule has 1 aromatic carbocycles. The molecule has 0 bridgehead atoms. The standard InChI is InChI=1S/C14H19NO3/c1-10(6-7-16)15-9-12-8-11-4-3-5-13(17-2)14(11)18-12/h3-5,8,10,15-16H,6-7,9H2,1-2H3. The van der Waals surface area contributed by atoms with E-state index in [1.54, 1.807) is 7.11 Å². The second-order valence-electron chi connectivity index (χ2n) is 4.39. The van der Waals surface area contributed by atoms with E-state index in [2.05, 4.69) is 5.32 Å². The number of fused-ring (bicyclic) bond motifs is 1. The molecular weight excluding hydrogens is 230 g/mol. The van der Waals surface area contributed by atoms with Gasteiger partial charge in [-0.25, -0.2) is 0 Å². The minimum atomic E-state index is 0.197. The van der Waals surface area contributed by atoms with E-state index in [0.717, 1.165) is 28.9 Å². The predicted molar refractivity (Wildman–Crippen MR) is 70.8 cm³/mol. The number of aliphatic hydroxyl groups is 1. The van der Waals surface area contributed by atoms with Gasteiger partial charge < -0.3 is 19.6 Å². The Morgan fingerprint density at radius 3 is 3.00 bits per heavy atom. The third kappa shape index (κ3) is 2.83. The molecule has 0 saturated heterocycles. The van der Waals surface area contributed by atoms with Gasteiger partial charge in [0.05, 0.1) is 13.7 Å². The van der Waals surface area contributed by atoms with Gasteiger partial charge in [0.1, 0.15) is 5.76 Å². The van der Waals surface area contributed by atoms with Crippen LogP contribution in [0.2, 0.25) is 0 Å². The summed E-state index contributed by atoms with van der Waals surface area (Å²) < 4.78 is 11.0. The molecule has 0 radical (unpaired) electrons. The van der Waals surface area contributed by atoms with Crippen molar-refractivity contribution in [2.75, 3.05) is 13.7 Å². The Morgan fingerprint density at radius 2 is 2.28 bits per heavy atom. The summed E-state index contributed by atoms with van der Waals surface area (Å²) in [4.78, 5) is 0. The first-order valence-electron chi connectivity index (χ1n) is 6.14. The van der Waals surface area contributed by atoms with Gasteiger partial charge in [-0.05, 0) is 25.5 Å². The lowest BCUT2D eigenvalue weighted by Gasteiger charge is -2.10. The Morgan fingerprint density at radius 1 is 1.44 bits per heavy atom. The number of ether oxygens (including phenoxy) is 1. The Kier molecular flexibility index (Phi) is 4.23. The number of furan rings is 1. The van der Waals surface area contributed by atoms with E-state index in [1.165, 1.54) is 0 Å². The van der Waals surface area contributed by atoms with Crippen molar-refractivity contribution >= 4 is 11.0 Å². The van der Waals surface area contributed by atoms with Crippen molar-refractivity contribution in [1.82, 2.24) is 5.32 Å². The van der Waals surface area contributed by atoms with Crippen LogP contribution in [0.25, 0.3) is 11.0 Å². The molecule has 0 aliphatic heterocycles.